The van der Waals surface area contributed by atoms with E-state index < -0.39 is 0 Å². The van der Waals surface area contributed by atoms with Crippen LogP contribution in [-0.2, 0) is 6.42 Å². The molecule has 1 aromatic carbocycles. The van der Waals surface area contributed by atoms with Crippen molar-refractivity contribution in [2.75, 3.05) is 0 Å². The van der Waals surface area contributed by atoms with Gasteiger partial charge in [-0.2, -0.15) is 4.73 Å². The second-order valence-electron chi connectivity index (χ2n) is 4.68. The van der Waals surface area contributed by atoms with E-state index in [9.17, 15) is 5.21 Å². The van der Waals surface area contributed by atoms with Gasteiger partial charge < -0.3 is 5.21 Å². The minimum absolute atomic E-state index is 0.596. The number of nitrogens with zero attached hydrogens (tertiary/aromatic N) is 3. The molecule has 0 aliphatic carbocycles. The van der Waals surface area contributed by atoms with Gasteiger partial charge in [0.2, 0.25) is 0 Å². The van der Waals surface area contributed by atoms with E-state index in [1.807, 2.05) is 49.4 Å². The lowest BCUT2D eigenvalue weighted by Crippen LogP contribution is -2.02. The Morgan fingerprint density at radius 3 is 2.60 bits per heavy atom. The van der Waals surface area contributed by atoms with Crippen LogP contribution < -0.4 is 0 Å². The molecule has 0 aliphatic rings. The summed E-state index contributed by atoms with van der Waals surface area (Å²) >= 11 is 0. The normalized spacial score (nSPS) is 10.7. The van der Waals surface area contributed by atoms with Crippen molar-refractivity contribution in [2.45, 2.75) is 13.3 Å². The molecule has 0 unspecified atom stereocenters. The minimum Gasteiger partial charge on any atom is -0.427 e. The first-order chi connectivity index (χ1) is 9.75. The molecule has 0 amide bonds. The van der Waals surface area contributed by atoms with Crippen LogP contribution in [0.15, 0.2) is 54.9 Å². The summed E-state index contributed by atoms with van der Waals surface area (Å²) in [6.07, 6.45) is 4.03. The van der Waals surface area contributed by atoms with Crippen molar-refractivity contribution in [3.05, 3.63) is 71.9 Å². The molecule has 4 nitrogen and oxygen atoms in total. The molecule has 0 fully saturated rings. The van der Waals surface area contributed by atoms with E-state index in [0.29, 0.717) is 17.9 Å². The van der Waals surface area contributed by atoms with Crippen LogP contribution in [0.1, 0.15) is 17.1 Å². The maximum atomic E-state index is 10.4. The zero-order valence-corrected chi connectivity index (χ0v) is 11.2. The van der Waals surface area contributed by atoms with E-state index in [1.54, 1.807) is 12.4 Å². The third-order valence-electron chi connectivity index (χ3n) is 3.24. The van der Waals surface area contributed by atoms with Crippen LogP contribution in [0.2, 0.25) is 0 Å². The molecule has 0 bridgehead atoms. The Morgan fingerprint density at radius 1 is 1.10 bits per heavy atom. The van der Waals surface area contributed by atoms with Crippen molar-refractivity contribution in [3.63, 3.8) is 0 Å². The van der Waals surface area contributed by atoms with Crippen molar-refractivity contribution in [1.29, 1.82) is 0 Å². The molecule has 0 atom stereocenters. The van der Waals surface area contributed by atoms with Crippen LogP contribution in [-0.4, -0.2) is 19.9 Å². The van der Waals surface area contributed by atoms with Crippen molar-refractivity contribution < 1.29 is 5.21 Å². The molecule has 2 aromatic heterocycles. The van der Waals surface area contributed by atoms with E-state index in [4.69, 9.17) is 0 Å². The molecule has 4 heteroatoms. The van der Waals surface area contributed by atoms with E-state index in [1.165, 1.54) is 4.73 Å². The number of hydrogen-bond donors (Lipinski definition) is 1. The summed E-state index contributed by atoms with van der Waals surface area (Å²) in [5, 5.41) is 10.4. The zero-order chi connectivity index (χ0) is 13.9. The Morgan fingerprint density at radius 2 is 1.90 bits per heavy atom. The Balaban J connectivity index is 1.99. The van der Waals surface area contributed by atoms with Crippen LogP contribution >= 0.6 is 0 Å². The fourth-order valence-electron chi connectivity index (χ4n) is 2.30. The summed E-state index contributed by atoms with van der Waals surface area (Å²) in [7, 11) is 0. The molecular weight excluding hydrogens is 250 g/mol. The Hall–Kier alpha value is -2.62. The molecule has 0 saturated heterocycles. The average Bonchev–Trinajstić information content (AvgIpc) is 2.75. The minimum atomic E-state index is 0.596. The highest BCUT2D eigenvalue weighted by Gasteiger charge is 2.15. The van der Waals surface area contributed by atoms with Gasteiger partial charge >= 0.3 is 0 Å². The number of hydrogen-bond acceptors (Lipinski definition) is 3. The average molecular weight is 265 g/mol. The lowest BCUT2D eigenvalue weighted by Gasteiger charge is -2.04. The summed E-state index contributed by atoms with van der Waals surface area (Å²) in [5.41, 5.74) is 3.47. The molecule has 1 N–H and O–H groups in total. The van der Waals surface area contributed by atoms with Gasteiger partial charge in [0.1, 0.15) is 11.5 Å². The molecule has 3 rings (SSSR count). The van der Waals surface area contributed by atoms with Crippen LogP contribution in [0.3, 0.4) is 0 Å². The van der Waals surface area contributed by atoms with Gasteiger partial charge in [-0.3, -0.25) is 4.98 Å². The number of aromatic nitrogens is 3. The molecule has 3 aromatic rings. The highest BCUT2D eigenvalue weighted by atomic mass is 16.5. The first kappa shape index (κ1) is 12.4. The molecule has 20 heavy (non-hydrogen) atoms. The SMILES string of the molecule is Cc1nc(Cc2ccccc2)n(O)c1-c1cccnc1. The highest BCUT2D eigenvalue weighted by molar-refractivity contribution is 5.61. The lowest BCUT2D eigenvalue weighted by molar-refractivity contribution is 0.181. The zero-order valence-electron chi connectivity index (χ0n) is 11.2. The van der Waals surface area contributed by atoms with Crippen LogP contribution in [0.25, 0.3) is 11.3 Å². The fourth-order valence-corrected chi connectivity index (χ4v) is 2.30. The van der Waals surface area contributed by atoms with E-state index in [0.717, 1.165) is 16.8 Å². The van der Waals surface area contributed by atoms with E-state index >= 15 is 0 Å². The van der Waals surface area contributed by atoms with Gasteiger partial charge in [0, 0.05) is 24.4 Å². The molecule has 0 saturated carbocycles. The summed E-state index contributed by atoms with van der Waals surface area (Å²) in [6, 6.07) is 13.7. The van der Waals surface area contributed by atoms with Gasteiger partial charge in [-0.1, -0.05) is 30.3 Å². The van der Waals surface area contributed by atoms with Crippen molar-refractivity contribution in [2.24, 2.45) is 0 Å². The van der Waals surface area contributed by atoms with Gasteiger partial charge in [-0.05, 0) is 24.6 Å². The van der Waals surface area contributed by atoms with Gasteiger partial charge in [0.05, 0.1) is 5.69 Å². The van der Waals surface area contributed by atoms with Crippen LogP contribution in [0.5, 0.6) is 0 Å². The number of benzene rings is 1. The molecule has 0 radical (unpaired) electrons. The van der Waals surface area contributed by atoms with Crippen molar-refractivity contribution in [3.8, 4) is 11.3 Å². The number of aryl methyl sites for hydroxylation is 1. The number of imidazole rings is 1. The van der Waals surface area contributed by atoms with E-state index in [-0.39, 0.29) is 0 Å². The predicted molar refractivity (Wildman–Crippen MR) is 76.6 cm³/mol. The monoisotopic (exact) mass is 265 g/mol. The maximum Gasteiger partial charge on any atom is 0.149 e. The number of pyridine rings is 1. The maximum absolute atomic E-state index is 10.4. The summed E-state index contributed by atoms with van der Waals surface area (Å²) in [6.45, 7) is 1.89. The molecule has 0 aliphatic heterocycles. The molecule has 100 valence electrons. The molecule has 0 spiro atoms. The smallest absolute Gasteiger partial charge is 0.149 e. The third-order valence-corrected chi connectivity index (χ3v) is 3.24. The summed E-state index contributed by atoms with van der Waals surface area (Å²) in [5.74, 6) is 0.632. The highest BCUT2D eigenvalue weighted by Crippen LogP contribution is 2.23. The van der Waals surface area contributed by atoms with Gasteiger partial charge in [-0.25, -0.2) is 4.98 Å². The fraction of sp³-hybridized carbons (Fsp3) is 0.125. The topological polar surface area (TPSA) is 50.9 Å². The summed E-state index contributed by atoms with van der Waals surface area (Å²) in [4.78, 5) is 8.55. The Bertz CT molecular complexity index is 705. The van der Waals surface area contributed by atoms with Gasteiger partial charge in [0.25, 0.3) is 0 Å². The van der Waals surface area contributed by atoms with Crippen molar-refractivity contribution >= 4 is 0 Å². The first-order valence-corrected chi connectivity index (χ1v) is 6.47. The Labute approximate surface area is 117 Å². The molecule has 2 heterocycles. The summed E-state index contributed by atoms with van der Waals surface area (Å²) < 4.78 is 1.17. The largest absolute Gasteiger partial charge is 0.427 e. The quantitative estimate of drug-likeness (QED) is 0.740. The van der Waals surface area contributed by atoms with Crippen LogP contribution in [0.4, 0.5) is 0 Å². The Kier molecular flexibility index (Phi) is 3.21. The second kappa shape index (κ2) is 5.17. The second-order valence-corrected chi connectivity index (χ2v) is 4.68. The van der Waals surface area contributed by atoms with Gasteiger partial charge in [0.15, 0.2) is 0 Å². The van der Waals surface area contributed by atoms with Gasteiger partial charge in [-0.15, -0.1) is 0 Å². The predicted octanol–water partition coefficient (Wildman–Crippen LogP) is 3.08. The first-order valence-electron chi connectivity index (χ1n) is 6.47. The van der Waals surface area contributed by atoms with Crippen LogP contribution in [0, 0.1) is 6.92 Å². The van der Waals surface area contributed by atoms with E-state index in [2.05, 4.69) is 9.97 Å². The van der Waals surface area contributed by atoms with Crippen molar-refractivity contribution in [1.82, 2.24) is 14.7 Å². The lowest BCUT2D eigenvalue weighted by atomic mass is 10.1. The number of rotatable bonds is 3. The standard InChI is InChI=1S/C16H15N3O/c1-12-16(14-8-5-9-17-11-14)19(20)15(18-12)10-13-6-3-2-4-7-13/h2-9,11,20H,10H2,1H3. The molecular formula is C16H15N3O. The third kappa shape index (κ3) is 2.28.